The number of amides is 1. The van der Waals surface area contributed by atoms with Crippen LogP contribution in [0.25, 0.3) is 10.9 Å². The van der Waals surface area contributed by atoms with Gasteiger partial charge in [0.15, 0.2) is 0 Å². The van der Waals surface area contributed by atoms with Crippen molar-refractivity contribution in [1.82, 2.24) is 25.7 Å². The van der Waals surface area contributed by atoms with E-state index in [1.807, 2.05) is 42.7 Å². The average Bonchev–Trinajstić information content (AvgIpc) is 3.36. The van der Waals surface area contributed by atoms with E-state index >= 15 is 0 Å². The molecule has 1 aliphatic heterocycles. The third-order valence-corrected chi connectivity index (χ3v) is 4.95. The van der Waals surface area contributed by atoms with Crippen molar-refractivity contribution in [2.24, 2.45) is 0 Å². The Kier molecular flexibility index (Phi) is 5.04. The first-order chi connectivity index (χ1) is 13.3. The van der Waals surface area contributed by atoms with Crippen LogP contribution in [0.15, 0.2) is 55.0 Å². The first-order valence-corrected chi connectivity index (χ1v) is 9.07. The molecule has 27 heavy (non-hydrogen) atoms. The molecular formula is C20H23N5O2. The first-order valence-electron chi connectivity index (χ1n) is 9.07. The SMILES string of the molecule is COc1cccc2c1ccn2CCNC(=O)C1CC(c2cccnc2)NN1. The molecule has 0 saturated carbocycles. The molecule has 0 spiro atoms. The van der Waals surface area contributed by atoms with E-state index in [9.17, 15) is 4.79 Å². The normalized spacial score (nSPS) is 19.3. The van der Waals surface area contributed by atoms with Crippen LogP contribution in [-0.2, 0) is 11.3 Å². The number of hydrogen-bond acceptors (Lipinski definition) is 5. The summed E-state index contributed by atoms with van der Waals surface area (Å²) in [7, 11) is 1.67. The molecule has 1 aliphatic rings. The van der Waals surface area contributed by atoms with Gasteiger partial charge in [0.05, 0.1) is 12.6 Å². The van der Waals surface area contributed by atoms with Crippen molar-refractivity contribution in [3.63, 3.8) is 0 Å². The molecular weight excluding hydrogens is 342 g/mol. The monoisotopic (exact) mass is 365 g/mol. The molecule has 0 radical (unpaired) electrons. The van der Waals surface area contributed by atoms with Crippen LogP contribution in [0, 0.1) is 0 Å². The third kappa shape index (κ3) is 3.65. The lowest BCUT2D eigenvalue weighted by atomic mass is 10.0. The van der Waals surface area contributed by atoms with E-state index in [-0.39, 0.29) is 18.0 Å². The standard InChI is InChI=1S/C20H23N5O2/c1-27-19-6-2-5-18-15(19)7-10-25(18)11-9-22-20(26)17-12-16(23-24-17)14-4-3-8-21-13-14/h2-8,10,13,16-17,23-24H,9,11-12H2,1H3,(H,22,26). The summed E-state index contributed by atoms with van der Waals surface area (Å²) in [5, 5.41) is 4.10. The highest BCUT2D eigenvalue weighted by Gasteiger charge is 2.29. The zero-order valence-electron chi connectivity index (χ0n) is 15.2. The number of rotatable bonds is 6. The highest BCUT2D eigenvalue weighted by Crippen LogP contribution is 2.26. The Labute approximate surface area is 157 Å². The summed E-state index contributed by atoms with van der Waals surface area (Å²) in [6, 6.07) is 11.8. The number of hydrazine groups is 1. The Morgan fingerprint density at radius 1 is 1.30 bits per heavy atom. The number of hydrogen-bond donors (Lipinski definition) is 3. The minimum Gasteiger partial charge on any atom is -0.496 e. The molecule has 0 aliphatic carbocycles. The number of fused-ring (bicyclic) bond motifs is 1. The van der Waals surface area contributed by atoms with Gasteiger partial charge in [-0.05, 0) is 36.2 Å². The smallest absolute Gasteiger partial charge is 0.238 e. The van der Waals surface area contributed by atoms with Gasteiger partial charge in [0.2, 0.25) is 5.91 Å². The maximum atomic E-state index is 12.5. The molecule has 3 aromatic rings. The third-order valence-electron chi connectivity index (χ3n) is 4.95. The number of aromatic nitrogens is 2. The molecule has 2 unspecified atom stereocenters. The van der Waals surface area contributed by atoms with Crippen LogP contribution in [0.4, 0.5) is 0 Å². The second-order valence-electron chi connectivity index (χ2n) is 6.61. The number of methoxy groups -OCH3 is 1. The van der Waals surface area contributed by atoms with Gasteiger partial charge < -0.3 is 14.6 Å². The topological polar surface area (TPSA) is 80.2 Å². The summed E-state index contributed by atoms with van der Waals surface area (Å²) in [5.41, 5.74) is 8.43. The number of benzene rings is 1. The molecule has 2 aromatic heterocycles. The molecule has 4 rings (SSSR count). The van der Waals surface area contributed by atoms with Gasteiger partial charge in [-0.3, -0.25) is 9.78 Å². The lowest BCUT2D eigenvalue weighted by Crippen LogP contribution is -2.44. The van der Waals surface area contributed by atoms with E-state index in [1.165, 1.54) is 0 Å². The summed E-state index contributed by atoms with van der Waals surface area (Å²) in [4.78, 5) is 16.6. The van der Waals surface area contributed by atoms with E-state index in [0.29, 0.717) is 19.5 Å². The van der Waals surface area contributed by atoms with Crippen molar-refractivity contribution in [3.05, 3.63) is 60.6 Å². The number of ether oxygens (including phenoxy) is 1. The first kappa shape index (κ1) is 17.5. The van der Waals surface area contributed by atoms with Gasteiger partial charge in [-0.15, -0.1) is 0 Å². The second-order valence-corrected chi connectivity index (χ2v) is 6.61. The van der Waals surface area contributed by atoms with E-state index in [1.54, 1.807) is 13.3 Å². The van der Waals surface area contributed by atoms with Crippen molar-refractivity contribution in [2.75, 3.05) is 13.7 Å². The fourth-order valence-corrected chi connectivity index (χ4v) is 3.52. The zero-order chi connectivity index (χ0) is 18.6. The number of nitrogens with zero attached hydrogens (tertiary/aromatic N) is 2. The van der Waals surface area contributed by atoms with Crippen LogP contribution in [-0.4, -0.2) is 35.2 Å². The predicted octanol–water partition coefficient (Wildman–Crippen LogP) is 1.77. The van der Waals surface area contributed by atoms with E-state index < -0.39 is 0 Å². The van der Waals surface area contributed by atoms with E-state index in [0.717, 1.165) is 22.2 Å². The molecule has 1 saturated heterocycles. The zero-order valence-corrected chi connectivity index (χ0v) is 15.2. The van der Waals surface area contributed by atoms with E-state index in [4.69, 9.17) is 4.74 Å². The van der Waals surface area contributed by atoms with Gasteiger partial charge in [-0.1, -0.05) is 12.1 Å². The fourth-order valence-electron chi connectivity index (χ4n) is 3.52. The number of nitrogens with one attached hydrogen (secondary N) is 3. The molecule has 2 atom stereocenters. The van der Waals surface area contributed by atoms with Crippen molar-refractivity contribution < 1.29 is 9.53 Å². The summed E-state index contributed by atoms with van der Waals surface area (Å²) in [6.45, 7) is 1.27. The van der Waals surface area contributed by atoms with Crippen molar-refractivity contribution in [2.45, 2.75) is 25.0 Å². The molecule has 7 heteroatoms. The molecule has 7 nitrogen and oxygen atoms in total. The number of carbonyl (C=O) groups excluding carboxylic acids is 1. The molecule has 3 heterocycles. The molecule has 0 bridgehead atoms. The van der Waals surface area contributed by atoms with Gasteiger partial charge in [0.1, 0.15) is 11.8 Å². The van der Waals surface area contributed by atoms with Crippen LogP contribution in [0.1, 0.15) is 18.0 Å². The molecule has 1 aromatic carbocycles. The lowest BCUT2D eigenvalue weighted by Gasteiger charge is -2.12. The van der Waals surface area contributed by atoms with Crippen molar-refractivity contribution in [3.8, 4) is 5.75 Å². The van der Waals surface area contributed by atoms with Crippen LogP contribution < -0.4 is 20.9 Å². The summed E-state index contributed by atoms with van der Waals surface area (Å²) in [5.74, 6) is 0.862. The molecule has 3 N–H and O–H groups in total. The molecule has 140 valence electrons. The Morgan fingerprint density at radius 2 is 2.22 bits per heavy atom. The summed E-state index contributed by atoms with van der Waals surface area (Å²) < 4.78 is 7.52. The highest BCUT2D eigenvalue weighted by molar-refractivity contribution is 5.86. The Morgan fingerprint density at radius 3 is 3.04 bits per heavy atom. The van der Waals surface area contributed by atoms with E-state index in [2.05, 4.69) is 31.8 Å². The lowest BCUT2D eigenvalue weighted by molar-refractivity contribution is -0.122. The number of pyridine rings is 1. The van der Waals surface area contributed by atoms with Gasteiger partial charge in [-0.2, -0.15) is 0 Å². The molecule has 1 amide bonds. The van der Waals surface area contributed by atoms with Crippen LogP contribution >= 0.6 is 0 Å². The summed E-state index contributed by atoms with van der Waals surface area (Å²) in [6.07, 6.45) is 6.29. The minimum atomic E-state index is -0.253. The van der Waals surface area contributed by atoms with Gasteiger partial charge >= 0.3 is 0 Å². The Balaban J connectivity index is 1.32. The van der Waals surface area contributed by atoms with Gasteiger partial charge in [-0.25, -0.2) is 10.9 Å². The Hall–Kier alpha value is -2.90. The summed E-state index contributed by atoms with van der Waals surface area (Å²) >= 11 is 0. The minimum absolute atomic E-state index is 0.00272. The maximum Gasteiger partial charge on any atom is 0.238 e. The predicted molar refractivity (Wildman–Crippen MR) is 103 cm³/mol. The number of carbonyl (C=O) groups is 1. The van der Waals surface area contributed by atoms with Crippen LogP contribution in [0.2, 0.25) is 0 Å². The van der Waals surface area contributed by atoms with Gasteiger partial charge in [0, 0.05) is 43.1 Å². The largest absolute Gasteiger partial charge is 0.496 e. The second kappa shape index (κ2) is 7.77. The van der Waals surface area contributed by atoms with Gasteiger partial charge in [0.25, 0.3) is 0 Å². The van der Waals surface area contributed by atoms with Crippen LogP contribution in [0.5, 0.6) is 5.75 Å². The van der Waals surface area contributed by atoms with Crippen molar-refractivity contribution >= 4 is 16.8 Å². The fraction of sp³-hybridized carbons (Fsp3) is 0.300. The quantitative estimate of drug-likeness (QED) is 0.620. The maximum absolute atomic E-state index is 12.5. The highest BCUT2D eigenvalue weighted by atomic mass is 16.5. The van der Waals surface area contributed by atoms with Crippen molar-refractivity contribution in [1.29, 1.82) is 0 Å². The van der Waals surface area contributed by atoms with Crippen LogP contribution in [0.3, 0.4) is 0 Å². The average molecular weight is 365 g/mol. The Bertz CT molecular complexity index is 925. The molecule has 1 fully saturated rings.